The maximum atomic E-state index is 12.1. The molecule has 0 aliphatic heterocycles. The third-order valence-corrected chi connectivity index (χ3v) is 4.90. The van der Waals surface area contributed by atoms with Crippen molar-refractivity contribution < 1.29 is 8.42 Å². The van der Waals surface area contributed by atoms with Gasteiger partial charge in [0, 0.05) is 11.6 Å². The van der Waals surface area contributed by atoms with Gasteiger partial charge in [-0.05, 0) is 37.0 Å². The Morgan fingerprint density at radius 3 is 2.56 bits per heavy atom. The van der Waals surface area contributed by atoms with Gasteiger partial charge in [-0.15, -0.1) is 0 Å². The molecule has 2 rings (SSSR count). The summed E-state index contributed by atoms with van der Waals surface area (Å²) >= 11 is 4.89. The lowest BCUT2D eigenvalue weighted by Gasteiger charge is -2.09. The normalized spacial score (nSPS) is 22.8. The molecule has 0 aromatic heterocycles. The zero-order chi connectivity index (χ0) is 13.5. The fraction of sp³-hybridized carbons (Fsp3) is 0.417. The lowest BCUT2D eigenvalue weighted by atomic mass is 10.1. The first kappa shape index (κ1) is 13.5. The molecule has 1 aromatic rings. The van der Waals surface area contributed by atoms with Gasteiger partial charge in [-0.1, -0.05) is 25.2 Å². The number of hydrogen-bond acceptors (Lipinski definition) is 3. The van der Waals surface area contributed by atoms with Gasteiger partial charge in [0.2, 0.25) is 10.0 Å². The van der Waals surface area contributed by atoms with Gasteiger partial charge in [0.15, 0.2) is 0 Å². The van der Waals surface area contributed by atoms with Crippen molar-refractivity contribution in [1.82, 2.24) is 4.72 Å². The van der Waals surface area contributed by atoms with E-state index in [1.165, 1.54) is 6.07 Å². The summed E-state index contributed by atoms with van der Waals surface area (Å²) in [4.78, 5) is 0.541. The molecule has 0 radical (unpaired) electrons. The molecule has 0 spiro atoms. The van der Waals surface area contributed by atoms with Crippen LogP contribution in [0.3, 0.4) is 0 Å². The van der Waals surface area contributed by atoms with E-state index in [4.69, 9.17) is 18.0 Å². The molecule has 0 bridgehead atoms. The summed E-state index contributed by atoms with van der Waals surface area (Å²) in [5.41, 5.74) is 7.03. The zero-order valence-corrected chi connectivity index (χ0v) is 11.9. The predicted octanol–water partition coefficient (Wildman–Crippen LogP) is 1.32. The molecule has 2 unspecified atom stereocenters. The quantitative estimate of drug-likeness (QED) is 0.818. The van der Waals surface area contributed by atoms with E-state index in [2.05, 4.69) is 4.72 Å². The number of nitrogens with one attached hydrogen (secondary N) is 1. The van der Waals surface area contributed by atoms with Gasteiger partial charge in [0.25, 0.3) is 0 Å². The monoisotopic (exact) mass is 284 g/mol. The first-order valence-corrected chi connectivity index (χ1v) is 7.63. The van der Waals surface area contributed by atoms with Crippen LogP contribution in [0.1, 0.15) is 24.5 Å². The Bertz CT molecular complexity index is 596. The van der Waals surface area contributed by atoms with Crippen molar-refractivity contribution in [2.45, 2.75) is 31.2 Å². The SMILES string of the molecule is Cc1cc(S(=O)(=O)NC2CC2C)ccc1C(N)=S. The molecule has 98 valence electrons. The van der Waals surface area contributed by atoms with Gasteiger partial charge in [-0.2, -0.15) is 0 Å². The van der Waals surface area contributed by atoms with Crippen molar-refractivity contribution >= 4 is 27.2 Å². The van der Waals surface area contributed by atoms with Crippen LogP contribution < -0.4 is 10.5 Å². The molecular weight excluding hydrogens is 268 g/mol. The minimum atomic E-state index is -3.43. The number of rotatable bonds is 4. The van der Waals surface area contributed by atoms with Crippen LogP contribution >= 0.6 is 12.2 Å². The molecule has 18 heavy (non-hydrogen) atoms. The van der Waals surface area contributed by atoms with Crippen LogP contribution in [0.25, 0.3) is 0 Å². The average molecular weight is 284 g/mol. The maximum absolute atomic E-state index is 12.1. The molecule has 1 saturated carbocycles. The molecule has 3 N–H and O–H groups in total. The van der Waals surface area contributed by atoms with E-state index in [-0.39, 0.29) is 15.9 Å². The molecule has 2 atom stereocenters. The Hall–Kier alpha value is -0.980. The molecule has 4 nitrogen and oxygen atoms in total. The summed E-state index contributed by atoms with van der Waals surface area (Å²) in [6.45, 7) is 3.82. The van der Waals surface area contributed by atoms with Gasteiger partial charge in [0.1, 0.15) is 4.99 Å². The van der Waals surface area contributed by atoms with Gasteiger partial charge in [-0.25, -0.2) is 13.1 Å². The molecule has 1 aromatic carbocycles. The van der Waals surface area contributed by atoms with Crippen molar-refractivity contribution in [2.75, 3.05) is 0 Å². The Balaban J connectivity index is 2.28. The molecular formula is C12H16N2O2S2. The third kappa shape index (κ3) is 2.71. The van der Waals surface area contributed by atoms with E-state index in [1.54, 1.807) is 19.1 Å². The molecule has 0 heterocycles. The van der Waals surface area contributed by atoms with Gasteiger partial charge < -0.3 is 5.73 Å². The number of aryl methyl sites for hydroxylation is 1. The van der Waals surface area contributed by atoms with Crippen LogP contribution in [0.2, 0.25) is 0 Å². The average Bonchev–Trinajstić information content (AvgIpc) is 2.92. The summed E-state index contributed by atoms with van der Waals surface area (Å²) in [7, 11) is -3.43. The van der Waals surface area contributed by atoms with Crippen LogP contribution in [0.15, 0.2) is 23.1 Å². The topological polar surface area (TPSA) is 72.2 Å². The second-order valence-corrected chi connectivity index (χ2v) is 6.94. The molecule has 0 amide bonds. The van der Waals surface area contributed by atoms with Crippen molar-refractivity contribution in [2.24, 2.45) is 11.7 Å². The highest BCUT2D eigenvalue weighted by atomic mass is 32.2. The second kappa shape index (κ2) is 4.60. The molecule has 1 aliphatic rings. The fourth-order valence-corrected chi connectivity index (χ4v) is 3.50. The van der Waals surface area contributed by atoms with E-state index in [9.17, 15) is 8.42 Å². The zero-order valence-electron chi connectivity index (χ0n) is 10.3. The maximum Gasteiger partial charge on any atom is 0.240 e. The van der Waals surface area contributed by atoms with Crippen molar-refractivity contribution in [3.8, 4) is 0 Å². The first-order valence-electron chi connectivity index (χ1n) is 5.74. The Labute approximate surface area is 113 Å². The highest BCUT2D eigenvalue weighted by molar-refractivity contribution is 7.89. The smallest absolute Gasteiger partial charge is 0.240 e. The fourth-order valence-electron chi connectivity index (χ4n) is 1.83. The standard InChI is InChI=1S/C12H16N2O2S2/c1-7-5-9(3-4-10(7)12(13)17)18(15,16)14-11-6-8(11)2/h3-5,8,11,14H,6H2,1-2H3,(H2,13,17). The Kier molecular flexibility index (Phi) is 3.44. The number of benzene rings is 1. The number of thiocarbonyl (C=S) groups is 1. The van der Waals surface area contributed by atoms with Crippen molar-refractivity contribution in [3.63, 3.8) is 0 Å². The largest absolute Gasteiger partial charge is 0.389 e. The van der Waals surface area contributed by atoms with Gasteiger partial charge in [-0.3, -0.25) is 0 Å². The third-order valence-electron chi connectivity index (χ3n) is 3.19. The summed E-state index contributed by atoms with van der Waals surface area (Å²) in [5.74, 6) is 0.428. The second-order valence-electron chi connectivity index (χ2n) is 4.78. The lowest BCUT2D eigenvalue weighted by Crippen LogP contribution is -2.27. The van der Waals surface area contributed by atoms with E-state index in [0.717, 1.165) is 12.0 Å². The predicted molar refractivity (Wildman–Crippen MR) is 75.0 cm³/mol. The molecule has 0 saturated heterocycles. The van der Waals surface area contributed by atoms with Gasteiger partial charge in [0.05, 0.1) is 4.90 Å². The molecule has 1 aliphatic carbocycles. The Morgan fingerprint density at radius 2 is 2.11 bits per heavy atom. The van der Waals surface area contributed by atoms with Crippen LogP contribution in [0.5, 0.6) is 0 Å². The summed E-state index contributed by atoms with van der Waals surface area (Å²) < 4.78 is 26.9. The number of nitrogens with two attached hydrogens (primary N) is 1. The van der Waals surface area contributed by atoms with Crippen LogP contribution in [0, 0.1) is 12.8 Å². The number of sulfonamides is 1. The Morgan fingerprint density at radius 1 is 1.50 bits per heavy atom. The van der Waals surface area contributed by atoms with E-state index >= 15 is 0 Å². The van der Waals surface area contributed by atoms with Crippen LogP contribution in [0.4, 0.5) is 0 Å². The summed E-state index contributed by atoms with van der Waals surface area (Å²) in [6.07, 6.45) is 0.906. The summed E-state index contributed by atoms with van der Waals surface area (Å²) in [6, 6.07) is 4.87. The van der Waals surface area contributed by atoms with E-state index in [1.807, 2.05) is 6.92 Å². The van der Waals surface area contributed by atoms with E-state index in [0.29, 0.717) is 11.5 Å². The summed E-state index contributed by atoms with van der Waals surface area (Å²) in [5, 5.41) is 0. The minimum Gasteiger partial charge on any atom is -0.389 e. The highest BCUT2D eigenvalue weighted by Gasteiger charge is 2.36. The molecule has 1 fully saturated rings. The minimum absolute atomic E-state index is 0.0746. The number of hydrogen-bond donors (Lipinski definition) is 2. The van der Waals surface area contributed by atoms with E-state index < -0.39 is 10.0 Å². The first-order chi connectivity index (χ1) is 8.31. The highest BCUT2D eigenvalue weighted by Crippen LogP contribution is 2.30. The lowest BCUT2D eigenvalue weighted by molar-refractivity contribution is 0.578. The van der Waals surface area contributed by atoms with Crippen LogP contribution in [-0.2, 0) is 10.0 Å². The van der Waals surface area contributed by atoms with Gasteiger partial charge >= 0.3 is 0 Å². The molecule has 6 heteroatoms. The van der Waals surface area contributed by atoms with Crippen molar-refractivity contribution in [1.29, 1.82) is 0 Å². The van der Waals surface area contributed by atoms with Crippen molar-refractivity contribution in [3.05, 3.63) is 29.3 Å². The van der Waals surface area contributed by atoms with Crippen LogP contribution in [-0.4, -0.2) is 19.4 Å².